The van der Waals surface area contributed by atoms with Crippen LogP contribution in [0.25, 0.3) is 0 Å². The highest BCUT2D eigenvalue weighted by Crippen LogP contribution is 2.48. The molecule has 27 heavy (non-hydrogen) atoms. The van der Waals surface area contributed by atoms with E-state index in [0.717, 1.165) is 12.8 Å². The molecule has 3 N–H and O–H groups in total. The van der Waals surface area contributed by atoms with Gasteiger partial charge in [0.05, 0.1) is 18.4 Å². The fourth-order valence-electron chi connectivity index (χ4n) is 3.83. The Morgan fingerprint density at radius 1 is 1.07 bits per heavy atom. The van der Waals surface area contributed by atoms with Gasteiger partial charge in [0, 0.05) is 5.56 Å². The summed E-state index contributed by atoms with van der Waals surface area (Å²) in [5.74, 6) is -2.82. The minimum atomic E-state index is -0.975. The lowest BCUT2D eigenvalue weighted by molar-refractivity contribution is -0.148. The van der Waals surface area contributed by atoms with Crippen LogP contribution in [0.1, 0.15) is 36.5 Å². The summed E-state index contributed by atoms with van der Waals surface area (Å²) in [6.45, 7) is 2.71. The van der Waals surface area contributed by atoms with E-state index in [-0.39, 0.29) is 11.8 Å². The summed E-state index contributed by atoms with van der Waals surface area (Å²) in [7, 11) is 0. The third kappa shape index (κ3) is 4.13. The molecule has 0 aromatic heterocycles. The van der Waals surface area contributed by atoms with Gasteiger partial charge in [0.1, 0.15) is 5.75 Å². The quantitative estimate of drug-likeness (QED) is 0.386. The van der Waals surface area contributed by atoms with Gasteiger partial charge in [-0.25, -0.2) is 0 Å². The average Bonchev–Trinajstić information content (AvgIpc) is 3.28. The Morgan fingerprint density at radius 2 is 1.74 bits per heavy atom. The molecule has 0 radical (unpaired) electrons. The maximum absolute atomic E-state index is 12.4. The largest absolute Gasteiger partial charge is 0.494 e. The van der Waals surface area contributed by atoms with Gasteiger partial charge in [-0.05, 0) is 48.9 Å². The van der Waals surface area contributed by atoms with Crippen LogP contribution >= 0.6 is 0 Å². The molecule has 0 unspecified atom stereocenters. The maximum Gasteiger partial charge on any atom is 0.307 e. The van der Waals surface area contributed by atoms with Crippen LogP contribution in [0.2, 0.25) is 0 Å². The van der Waals surface area contributed by atoms with Crippen molar-refractivity contribution < 1.29 is 24.2 Å². The highest BCUT2D eigenvalue weighted by molar-refractivity contribution is 5.96. The molecular weight excluding hydrogens is 348 g/mol. The van der Waals surface area contributed by atoms with Gasteiger partial charge in [-0.1, -0.05) is 25.5 Å². The van der Waals surface area contributed by atoms with Gasteiger partial charge in [0.25, 0.3) is 5.91 Å². The number of unbranched alkanes of at least 4 members (excludes halogenated alkanes) is 1. The van der Waals surface area contributed by atoms with E-state index < -0.39 is 29.6 Å². The number of nitrogens with one attached hydrogen (secondary N) is 2. The Labute approximate surface area is 157 Å². The van der Waals surface area contributed by atoms with Crippen molar-refractivity contribution in [1.82, 2.24) is 10.9 Å². The van der Waals surface area contributed by atoms with E-state index >= 15 is 0 Å². The highest BCUT2D eigenvalue weighted by Gasteiger charge is 2.51. The Kier molecular flexibility index (Phi) is 5.78. The molecule has 0 heterocycles. The summed E-state index contributed by atoms with van der Waals surface area (Å²) in [4.78, 5) is 36.1. The Balaban J connectivity index is 1.53. The standard InChI is InChI=1S/C20H24N2O5/c1-2-3-10-27-15-8-6-12(7-9-15)18(23)21-22-19(24)16-13-4-5-14(11-13)17(16)20(25)26/h4-9,13-14,16-17H,2-3,10-11H2,1H3,(H,21,23)(H,22,24)(H,25,26)/t13-,14-,16-,17+/m0/s1. The first kappa shape index (κ1) is 18.9. The highest BCUT2D eigenvalue weighted by atomic mass is 16.5. The van der Waals surface area contributed by atoms with Crippen LogP contribution in [-0.4, -0.2) is 29.5 Å². The molecule has 2 aliphatic rings. The van der Waals surface area contributed by atoms with E-state index in [0.29, 0.717) is 24.3 Å². The van der Waals surface area contributed by atoms with E-state index in [2.05, 4.69) is 17.8 Å². The van der Waals surface area contributed by atoms with E-state index in [4.69, 9.17) is 4.74 Å². The molecular formula is C20H24N2O5. The minimum absolute atomic E-state index is 0.0902. The number of allylic oxidation sites excluding steroid dienone is 2. The number of hydrogen-bond acceptors (Lipinski definition) is 4. The second-order valence-corrected chi connectivity index (χ2v) is 7.01. The zero-order valence-electron chi connectivity index (χ0n) is 15.2. The molecule has 1 aromatic carbocycles. The number of ether oxygens (including phenoxy) is 1. The summed E-state index contributed by atoms with van der Waals surface area (Å²) in [6.07, 6.45) is 6.44. The lowest BCUT2D eigenvalue weighted by Gasteiger charge is -2.23. The van der Waals surface area contributed by atoms with Crippen LogP contribution in [0.15, 0.2) is 36.4 Å². The molecule has 0 saturated heterocycles. The van der Waals surface area contributed by atoms with E-state index in [1.807, 2.05) is 12.2 Å². The van der Waals surface area contributed by atoms with Crippen molar-refractivity contribution in [2.45, 2.75) is 26.2 Å². The topological polar surface area (TPSA) is 105 Å². The number of benzene rings is 1. The molecule has 2 bridgehead atoms. The van der Waals surface area contributed by atoms with Crippen LogP contribution in [0, 0.1) is 23.7 Å². The fraction of sp³-hybridized carbons (Fsp3) is 0.450. The molecule has 1 fully saturated rings. The monoisotopic (exact) mass is 372 g/mol. The summed E-state index contributed by atoms with van der Waals surface area (Å²) in [6, 6.07) is 6.63. The normalized spacial score (nSPS) is 25.2. The molecule has 0 spiro atoms. The van der Waals surface area contributed by atoms with Gasteiger partial charge in [-0.15, -0.1) is 0 Å². The van der Waals surface area contributed by atoms with Crippen molar-refractivity contribution in [2.24, 2.45) is 23.7 Å². The van der Waals surface area contributed by atoms with Gasteiger partial charge >= 0.3 is 5.97 Å². The van der Waals surface area contributed by atoms with Crippen molar-refractivity contribution in [3.63, 3.8) is 0 Å². The Morgan fingerprint density at radius 3 is 2.37 bits per heavy atom. The van der Waals surface area contributed by atoms with Crippen molar-refractivity contribution in [2.75, 3.05) is 6.61 Å². The van der Waals surface area contributed by atoms with Gasteiger partial charge in [-0.3, -0.25) is 25.2 Å². The smallest absolute Gasteiger partial charge is 0.307 e. The molecule has 2 amide bonds. The predicted octanol–water partition coefficient (Wildman–Crippen LogP) is 2.15. The number of aliphatic carboxylic acids is 1. The lowest BCUT2D eigenvalue weighted by atomic mass is 9.82. The first-order valence-corrected chi connectivity index (χ1v) is 9.25. The van der Waals surface area contributed by atoms with Gasteiger partial charge < -0.3 is 9.84 Å². The number of carbonyl (C=O) groups excluding carboxylic acids is 2. The Hall–Kier alpha value is -2.83. The van der Waals surface area contributed by atoms with Crippen LogP contribution in [0.5, 0.6) is 5.75 Å². The van der Waals surface area contributed by atoms with Crippen molar-refractivity contribution in [3.05, 3.63) is 42.0 Å². The predicted molar refractivity (Wildman–Crippen MR) is 97.8 cm³/mol. The number of hydrazine groups is 1. The average molecular weight is 372 g/mol. The van der Waals surface area contributed by atoms with Crippen molar-refractivity contribution in [1.29, 1.82) is 0 Å². The summed E-state index contributed by atoms with van der Waals surface area (Å²) in [5, 5.41) is 9.40. The van der Waals surface area contributed by atoms with Crippen LogP contribution in [-0.2, 0) is 9.59 Å². The molecule has 7 nitrogen and oxygen atoms in total. The van der Waals surface area contributed by atoms with E-state index in [1.54, 1.807) is 24.3 Å². The second kappa shape index (κ2) is 8.24. The van der Waals surface area contributed by atoms with Gasteiger partial charge in [0.15, 0.2) is 0 Å². The Bertz CT molecular complexity index is 743. The van der Waals surface area contributed by atoms with E-state index in [9.17, 15) is 19.5 Å². The molecule has 1 aromatic rings. The van der Waals surface area contributed by atoms with Crippen LogP contribution in [0.3, 0.4) is 0 Å². The second-order valence-electron chi connectivity index (χ2n) is 7.01. The first-order valence-electron chi connectivity index (χ1n) is 9.25. The van der Waals surface area contributed by atoms with Gasteiger partial charge in [0.2, 0.25) is 5.91 Å². The molecule has 144 valence electrons. The number of amides is 2. The zero-order chi connectivity index (χ0) is 19.4. The third-order valence-electron chi connectivity index (χ3n) is 5.23. The van der Waals surface area contributed by atoms with Crippen molar-refractivity contribution >= 4 is 17.8 Å². The number of carbonyl (C=O) groups is 3. The summed E-state index contributed by atoms with van der Waals surface area (Å²) >= 11 is 0. The number of fused-ring (bicyclic) bond motifs is 2. The summed E-state index contributed by atoms with van der Waals surface area (Å²) < 4.78 is 5.55. The minimum Gasteiger partial charge on any atom is -0.494 e. The molecule has 2 aliphatic carbocycles. The summed E-state index contributed by atoms with van der Waals surface area (Å²) in [5.41, 5.74) is 5.13. The SMILES string of the molecule is CCCCOc1ccc(C(=O)NNC(=O)[C@@H]2[C@H](C(=O)O)[C@H]3C=C[C@H]2C3)cc1. The number of carboxylic acids is 1. The number of hydrogen-bond donors (Lipinski definition) is 3. The number of carboxylic acid groups (broad SMARTS) is 1. The molecule has 3 rings (SSSR count). The fourth-order valence-corrected chi connectivity index (χ4v) is 3.83. The van der Waals surface area contributed by atoms with E-state index in [1.165, 1.54) is 0 Å². The third-order valence-corrected chi connectivity index (χ3v) is 5.23. The zero-order valence-corrected chi connectivity index (χ0v) is 15.2. The lowest BCUT2D eigenvalue weighted by Crippen LogP contribution is -2.48. The molecule has 7 heteroatoms. The van der Waals surface area contributed by atoms with Gasteiger partial charge in [-0.2, -0.15) is 0 Å². The molecule has 0 aliphatic heterocycles. The molecule has 4 atom stereocenters. The number of rotatable bonds is 7. The molecule has 1 saturated carbocycles. The maximum atomic E-state index is 12.4. The van der Waals surface area contributed by atoms with Crippen LogP contribution < -0.4 is 15.6 Å². The van der Waals surface area contributed by atoms with Crippen LogP contribution in [0.4, 0.5) is 0 Å². The first-order chi connectivity index (χ1) is 13.0. The van der Waals surface area contributed by atoms with Crippen molar-refractivity contribution in [3.8, 4) is 5.75 Å².